The summed E-state index contributed by atoms with van der Waals surface area (Å²) in [7, 11) is 0. The lowest BCUT2D eigenvalue weighted by atomic mass is 10.1. The molecular formula is C28H26N4O5. The molecule has 2 N–H and O–H groups in total. The van der Waals surface area contributed by atoms with Gasteiger partial charge >= 0.3 is 0 Å². The summed E-state index contributed by atoms with van der Waals surface area (Å²) in [5, 5.41) is 10.4. The van der Waals surface area contributed by atoms with E-state index in [-0.39, 0.29) is 30.2 Å². The van der Waals surface area contributed by atoms with Crippen LogP contribution in [-0.4, -0.2) is 28.5 Å². The number of benzene rings is 3. The van der Waals surface area contributed by atoms with Gasteiger partial charge in [0.15, 0.2) is 22.9 Å². The number of aromatic nitrogens is 2. The summed E-state index contributed by atoms with van der Waals surface area (Å²) in [6, 6.07) is 19.5. The lowest BCUT2D eigenvalue weighted by Crippen LogP contribution is -2.30. The molecule has 0 spiro atoms. The highest BCUT2D eigenvalue weighted by Crippen LogP contribution is 2.37. The number of fused-ring (bicyclic) bond motifs is 1. The predicted molar refractivity (Wildman–Crippen MR) is 140 cm³/mol. The molecule has 0 atom stereocenters. The van der Waals surface area contributed by atoms with Gasteiger partial charge in [0.2, 0.25) is 6.79 Å². The molecule has 37 heavy (non-hydrogen) atoms. The third-order valence-electron chi connectivity index (χ3n) is 5.61. The van der Waals surface area contributed by atoms with Crippen LogP contribution in [0.5, 0.6) is 23.0 Å². The second kappa shape index (κ2) is 10.1. The summed E-state index contributed by atoms with van der Waals surface area (Å²) in [5.41, 5.74) is 2.43. The highest BCUT2D eigenvalue weighted by Gasteiger charge is 2.19. The number of amides is 1. The van der Waals surface area contributed by atoms with E-state index in [0.29, 0.717) is 34.2 Å². The first-order chi connectivity index (χ1) is 17.9. The fourth-order valence-electron chi connectivity index (χ4n) is 3.80. The van der Waals surface area contributed by atoms with E-state index in [4.69, 9.17) is 14.2 Å². The van der Waals surface area contributed by atoms with Crippen molar-refractivity contribution in [2.24, 2.45) is 0 Å². The van der Waals surface area contributed by atoms with E-state index >= 15 is 0 Å². The maximum absolute atomic E-state index is 13.7. The summed E-state index contributed by atoms with van der Waals surface area (Å²) in [4.78, 5) is 26.2. The second-order valence-corrected chi connectivity index (χ2v) is 8.89. The third-order valence-corrected chi connectivity index (χ3v) is 5.61. The highest BCUT2D eigenvalue weighted by atomic mass is 16.7. The monoisotopic (exact) mass is 498 g/mol. The van der Waals surface area contributed by atoms with Crippen LogP contribution in [0.3, 0.4) is 0 Å². The van der Waals surface area contributed by atoms with Crippen molar-refractivity contribution in [3.05, 3.63) is 94.4 Å². The average Bonchev–Trinajstić information content (AvgIpc) is 3.35. The summed E-state index contributed by atoms with van der Waals surface area (Å²) in [5.74, 6) is 1.63. The van der Waals surface area contributed by atoms with Crippen molar-refractivity contribution in [1.82, 2.24) is 15.1 Å². The molecule has 0 saturated heterocycles. The Bertz CT molecular complexity index is 1510. The molecule has 1 aliphatic rings. The maximum atomic E-state index is 13.7. The van der Waals surface area contributed by atoms with Crippen molar-refractivity contribution in [3.8, 4) is 28.7 Å². The van der Waals surface area contributed by atoms with E-state index in [1.807, 2.05) is 45.0 Å². The molecule has 9 heteroatoms. The van der Waals surface area contributed by atoms with E-state index < -0.39 is 5.56 Å². The molecule has 9 nitrogen and oxygen atoms in total. The molecule has 1 amide bonds. The van der Waals surface area contributed by atoms with Crippen molar-refractivity contribution in [3.63, 3.8) is 0 Å². The Kier molecular flexibility index (Phi) is 6.51. The number of hydrogen-bond donors (Lipinski definition) is 2. The number of nitrogens with one attached hydrogen (secondary N) is 2. The first kappa shape index (κ1) is 23.9. The van der Waals surface area contributed by atoms with E-state index in [2.05, 4.69) is 15.7 Å². The average molecular weight is 499 g/mol. The van der Waals surface area contributed by atoms with Crippen LogP contribution in [0.1, 0.15) is 29.8 Å². The minimum atomic E-state index is -0.417. The molecule has 0 fully saturated rings. The van der Waals surface area contributed by atoms with Crippen molar-refractivity contribution < 1.29 is 19.0 Å². The van der Waals surface area contributed by atoms with Crippen molar-refractivity contribution in [2.45, 2.75) is 26.8 Å². The summed E-state index contributed by atoms with van der Waals surface area (Å²) < 4.78 is 18.2. The van der Waals surface area contributed by atoms with Gasteiger partial charge in [0.1, 0.15) is 5.75 Å². The zero-order valence-electron chi connectivity index (χ0n) is 20.6. The minimum Gasteiger partial charge on any atom is -0.454 e. The molecule has 3 aromatic carbocycles. The van der Waals surface area contributed by atoms with Crippen LogP contribution in [0, 0.1) is 6.92 Å². The Hall–Kier alpha value is -4.79. The van der Waals surface area contributed by atoms with E-state index in [1.165, 1.54) is 10.9 Å². The lowest BCUT2D eigenvalue weighted by Gasteiger charge is -2.15. The Morgan fingerprint density at radius 2 is 1.81 bits per heavy atom. The minimum absolute atomic E-state index is 0.00673. The fraction of sp³-hybridized carbons (Fsp3) is 0.179. The normalized spacial score (nSPS) is 11.9. The summed E-state index contributed by atoms with van der Waals surface area (Å²) in [6.45, 7) is 5.90. The van der Waals surface area contributed by atoms with Crippen molar-refractivity contribution >= 4 is 17.3 Å². The topological polar surface area (TPSA) is 104 Å². The van der Waals surface area contributed by atoms with Gasteiger partial charge in [-0.25, -0.2) is 0 Å². The number of carbonyl (C=O) groups is 1. The van der Waals surface area contributed by atoms with Gasteiger partial charge in [0.05, 0.1) is 11.9 Å². The quantitative estimate of drug-likeness (QED) is 0.372. The number of aryl methyl sites for hydroxylation is 1. The van der Waals surface area contributed by atoms with Crippen LogP contribution in [0.4, 0.5) is 11.4 Å². The van der Waals surface area contributed by atoms with Crippen molar-refractivity contribution in [2.75, 3.05) is 12.1 Å². The predicted octanol–water partition coefficient (Wildman–Crippen LogP) is 4.94. The number of nitrogens with zero attached hydrogens (tertiary/aromatic N) is 2. The van der Waals surface area contributed by atoms with Crippen LogP contribution in [-0.2, 0) is 0 Å². The standard InChI is InChI=1S/C28H26N4O5/c1-17(2)30-27(33)19-5-4-6-20(13-19)31-26-25(37-22-11-12-23-24(14-22)36-16-35-23)15-29-32(28(26)34)21-9-7-18(3)8-10-21/h4-15,17,31H,16H2,1-3H3,(H,30,33). The molecular weight excluding hydrogens is 472 g/mol. The van der Waals surface area contributed by atoms with Gasteiger partial charge in [-0.2, -0.15) is 9.78 Å². The molecule has 1 aliphatic heterocycles. The molecule has 0 bridgehead atoms. The lowest BCUT2D eigenvalue weighted by molar-refractivity contribution is 0.0943. The van der Waals surface area contributed by atoms with Gasteiger partial charge < -0.3 is 24.8 Å². The van der Waals surface area contributed by atoms with Crippen LogP contribution in [0.25, 0.3) is 5.69 Å². The SMILES string of the molecule is Cc1ccc(-n2ncc(Oc3ccc4c(c3)OCO4)c(Nc3cccc(C(=O)NC(C)C)c3)c2=O)cc1. The zero-order chi connectivity index (χ0) is 25.9. The van der Waals surface area contributed by atoms with E-state index in [1.54, 1.807) is 42.5 Å². The largest absolute Gasteiger partial charge is 0.454 e. The van der Waals surface area contributed by atoms with E-state index in [0.717, 1.165) is 5.56 Å². The number of hydrogen-bond acceptors (Lipinski definition) is 7. The third kappa shape index (κ3) is 5.25. The van der Waals surface area contributed by atoms with Gasteiger partial charge in [-0.05, 0) is 63.2 Å². The first-order valence-corrected chi connectivity index (χ1v) is 11.8. The summed E-state index contributed by atoms with van der Waals surface area (Å²) in [6.07, 6.45) is 1.48. The molecule has 1 aromatic heterocycles. The zero-order valence-corrected chi connectivity index (χ0v) is 20.6. The van der Waals surface area contributed by atoms with Crippen LogP contribution in [0.2, 0.25) is 0 Å². The Morgan fingerprint density at radius 3 is 2.59 bits per heavy atom. The molecule has 188 valence electrons. The van der Waals surface area contributed by atoms with E-state index in [9.17, 15) is 9.59 Å². The van der Waals surface area contributed by atoms with Gasteiger partial charge in [-0.3, -0.25) is 9.59 Å². The Labute approximate surface area is 213 Å². The molecule has 0 unspecified atom stereocenters. The molecule has 0 saturated carbocycles. The molecule has 5 rings (SSSR count). The number of rotatable bonds is 7. The number of ether oxygens (including phenoxy) is 3. The van der Waals surface area contributed by atoms with Gasteiger partial charge in [0.25, 0.3) is 11.5 Å². The first-order valence-electron chi connectivity index (χ1n) is 11.8. The Balaban J connectivity index is 1.54. The number of carbonyl (C=O) groups excluding carboxylic acids is 1. The highest BCUT2D eigenvalue weighted by molar-refractivity contribution is 5.95. The van der Waals surface area contributed by atoms with Gasteiger partial charge in [0, 0.05) is 23.4 Å². The van der Waals surface area contributed by atoms with Gasteiger partial charge in [-0.15, -0.1) is 0 Å². The smallest absolute Gasteiger partial charge is 0.299 e. The molecule has 0 aliphatic carbocycles. The van der Waals surface area contributed by atoms with Crippen molar-refractivity contribution in [1.29, 1.82) is 0 Å². The maximum Gasteiger partial charge on any atom is 0.299 e. The fourth-order valence-corrected chi connectivity index (χ4v) is 3.80. The van der Waals surface area contributed by atoms with Crippen LogP contribution >= 0.6 is 0 Å². The second-order valence-electron chi connectivity index (χ2n) is 8.89. The molecule has 0 radical (unpaired) electrons. The number of anilines is 2. The molecule has 4 aromatic rings. The summed E-state index contributed by atoms with van der Waals surface area (Å²) >= 11 is 0. The molecule has 2 heterocycles. The van der Waals surface area contributed by atoms with Crippen LogP contribution in [0.15, 0.2) is 77.7 Å². The van der Waals surface area contributed by atoms with Crippen LogP contribution < -0.4 is 30.4 Å². The Morgan fingerprint density at radius 1 is 1.03 bits per heavy atom. The van der Waals surface area contributed by atoms with Gasteiger partial charge in [-0.1, -0.05) is 23.8 Å².